The molecule has 0 unspecified atom stereocenters. The van der Waals surface area contributed by atoms with Crippen molar-refractivity contribution in [2.24, 2.45) is 0 Å². The average molecular weight is 264 g/mol. The van der Waals surface area contributed by atoms with E-state index in [1.165, 1.54) is 4.90 Å². The minimum Gasteiger partial charge on any atom is -0.395 e. The summed E-state index contributed by atoms with van der Waals surface area (Å²) in [6.45, 7) is 1.96. The zero-order chi connectivity index (χ0) is 13.0. The SMILES string of the molecule is CCN(CCO)C(=O)c1cc(F)c(F)cc1Cl. The maximum absolute atomic E-state index is 13.0. The molecule has 0 aliphatic rings. The number of hydrogen-bond acceptors (Lipinski definition) is 2. The van der Waals surface area contributed by atoms with E-state index in [0.29, 0.717) is 6.54 Å². The highest BCUT2D eigenvalue weighted by atomic mass is 35.5. The summed E-state index contributed by atoms with van der Waals surface area (Å²) in [7, 11) is 0. The monoisotopic (exact) mass is 263 g/mol. The summed E-state index contributed by atoms with van der Waals surface area (Å²) in [6, 6.07) is 1.52. The van der Waals surface area contributed by atoms with Crippen LogP contribution in [0.1, 0.15) is 17.3 Å². The average Bonchev–Trinajstić information content (AvgIpc) is 2.30. The molecule has 0 fully saturated rings. The fourth-order valence-corrected chi connectivity index (χ4v) is 1.61. The van der Waals surface area contributed by atoms with Gasteiger partial charge in [-0.2, -0.15) is 0 Å². The molecule has 0 saturated heterocycles. The lowest BCUT2D eigenvalue weighted by Gasteiger charge is -2.20. The summed E-state index contributed by atoms with van der Waals surface area (Å²) < 4.78 is 25.8. The zero-order valence-corrected chi connectivity index (χ0v) is 9.97. The van der Waals surface area contributed by atoms with E-state index in [1.807, 2.05) is 0 Å². The first-order chi connectivity index (χ1) is 8.01. The molecule has 94 valence electrons. The van der Waals surface area contributed by atoms with E-state index in [1.54, 1.807) is 6.92 Å². The summed E-state index contributed by atoms with van der Waals surface area (Å²) in [5.74, 6) is -2.76. The largest absolute Gasteiger partial charge is 0.395 e. The van der Waals surface area contributed by atoms with Gasteiger partial charge in [-0.3, -0.25) is 4.79 Å². The Kier molecular flexibility index (Phi) is 4.84. The lowest BCUT2D eigenvalue weighted by atomic mass is 10.2. The number of benzene rings is 1. The van der Waals surface area contributed by atoms with Crippen molar-refractivity contribution in [1.29, 1.82) is 0 Å². The maximum atomic E-state index is 13.0. The molecule has 0 radical (unpaired) electrons. The van der Waals surface area contributed by atoms with Gasteiger partial charge < -0.3 is 10.0 Å². The molecule has 0 bridgehead atoms. The van der Waals surface area contributed by atoms with Crippen LogP contribution in [0.15, 0.2) is 12.1 Å². The zero-order valence-electron chi connectivity index (χ0n) is 9.21. The highest BCUT2D eigenvalue weighted by Gasteiger charge is 2.19. The topological polar surface area (TPSA) is 40.5 Å². The Bertz CT molecular complexity index is 426. The second-order valence-electron chi connectivity index (χ2n) is 3.35. The molecule has 0 saturated carbocycles. The van der Waals surface area contributed by atoms with Gasteiger partial charge in [0.05, 0.1) is 17.2 Å². The maximum Gasteiger partial charge on any atom is 0.255 e. The fourth-order valence-electron chi connectivity index (χ4n) is 1.38. The highest BCUT2D eigenvalue weighted by Crippen LogP contribution is 2.21. The van der Waals surface area contributed by atoms with Crippen LogP contribution in [0, 0.1) is 11.6 Å². The minimum absolute atomic E-state index is 0.110. The van der Waals surface area contributed by atoms with Crippen LogP contribution in [0.4, 0.5) is 8.78 Å². The number of aliphatic hydroxyl groups is 1. The standard InChI is InChI=1S/C11H12ClF2NO2/c1-2-15(3-4-16)11(17)7-5-9(13)10(14)6-8(7)12/h5-6,16H,2-4H2,1H3. The van der Waals surface area contributed by atoms with Gasteiger partial charge in [0.15, 0.2) is 11.6 Å². The first-order valence-corrected chi connectivity index (χ1v) is 5.43. The number of rotatable bonds is 4. The van der Waals surface area contributed by atoms with Crippen molar-refractivity contribution in [3.05, 3.63) is 34.4 Å². The number of aliphatic hydroxyl groups excluding tert-OH is 1. The number of hydrogen-bond donors (Lipinski definition) is 1. The van der Waals surface area contributed by atoms with Gasteiger partial charge in [-0.15, -0.1) is 0 Å². The first kappa shape index (κ1) is 13.9. The van der Waals surface area contributed by atoms with Crippen molar-refractivity contribution in [1.82, 2.24) is 4.90 Å². The lowest BCUT2D eigenvalue weighted by Crippen LogP contribution is -2.33. The summed E-state index contributed by atoms with van der Waals surface area (Å²) in [4.78, 5) is 13.2. The molecule has 3 nitrogen and oxygen atoms in total. The van der Waals surface area contributed by atoms with Crippen LogP contribution < -0.4 is 0 Å². The number of carbonyl (C=O) groups is 1. The molecule has 0 spiro atoms. The van der Waals surface area contributed by atoms with E-state index in [0.717, 1.165) is 12.1 Å². The molecule has 1 N–H and O–H groups in total. The highest BCUT2D eigenvalue weighted by molar-refractivity contribution is 6.33. The second kappa shape index (κ2) is 5.93. The van der Waals surface area contributed by atoms with E-state index in [4.69, 9.17) is 16.7 Å². The Hall–Kier alpha value is -1.20. The molecule has 1 rings (SSSR count). The third kappa shape index (κ3) is 3.14. The third-order valence-electron chi connectivity index (χ3n) is 2.28. The molecule has 0 aliphatic carbocycles. The van der Waals surface area contributed by atoms with Gasteiger partial charge in [0, 0.05) is 13.1 Å². The van der Waals surface area contributed by atoms with E-state index < -0.39 is 17.5 Å². The Labute approximate surface area is 103 Å². The molecule has 17 heavy (non-hydrogen) atoms. The molecule has 0 aliphatic heterocycles. The van der Waals surface area contributed by atoms with Gasteiger partial charge in [-0.25, -0.2) is 8.78 Å². The minimum atomic E-state index is -1.13. The normalized spacial score (nSPS) is 10.4. The Morgan fingerprint density at radius 2 is 2.00 bits per heavy atom. The summed E-state index contributed by atoms with van der Waals surface area (Å²) >= 11 is 5.68. The van der Waals surface area contributed by atoms with E-state index in [9.17, 15) is 13.6 Å². The van der Waals surface area contributed by atoms with Crippen LogP contribution in [0.2, 0.25) is 5.02 Å². The van der Waals surface area contributed by atoms with Gasteiger partial charge in [-0.05, 0) is 19.1 Å². The number of carbonyl (C=O) groups excluding carboxylic acids is 1. The fraction of sp³-hybridized carbons (Fsp3) is 0.364. The summed E-state index contributed by atoms with van der Waals surface area (Å²) in [5, 5.41) is 8.62. The van der Waals surface area contributed by atoms with Crippen LogP contribution in [0.25, 0.3) is 0 Å². The Balaban J connectivity index is 3.07. The molecule has 0 atom stereocenters. The van der Waals surface area contributed by atoms with Crippen molar-refractivity contribution < 1.29 is 18.7 Å². The van der Waals surface area contributed by atoms with Crippen LogP contribution >= 0.6 is 11.6 Å². The Morgan fingerprint density at radius 3 is 2.53 bits per heavy atom. The van der Waals surface area contributed by atoms with Crippen molar-refractivity contribution >= 4 is 17.5 Å². The molecule has 0 heterocycles. The van der Waals surface area contributed by atoms with Crippen LogP contribution in [-0.2, 0) is 0 Å². The number of nitrogens with zero attached hydrogens (tertiary/aromatic N) is 1. The lowest BCUT2D eigenvalue weighted by molar-refractivity contribution is 0.0731. The Morgan fingerprint density at radius 1 is 1.41 bits per heavy atom. The predicted octanol–water partition coefficient (Wildman–Crippen LogP) is 2.07. The van der Waals surface area contributed by atoms with Gasteiger partial charge in [0.1, 0.15) is 0 Å². The van der Waals surface area contributed by atoms with Crippen molar-refractivity contribution in [2.45, 2.75) is 6.92 Å². The molecular weight excluding hydrogens is 252 g/mol. The van der Waals surface area contributed by atoms with Crippen molar-refractivity contribution in [2.75, 3.05) is 19.7 Å². The van der Waals surface area contributed by atoms with Crippen LogP contribution in [0.5, 0.6) is 0 Å². The van der Waals surface area contributed by atoms with Gasteiger partial charge in [-0.1, -0.05) is 11.6 Å². The van der Waals surface area contributed by atoms with Crippen molar-refractivity contribution in [3.8, 4) is 0 Å². The molecule has 1 amide bonds. The third-order valence-corrected chi connectivity index (χ3v) is 2.59. The molecule has 6 heteroatoms. The number of likely N-dealkylation sites (N-methyl/N-ethyl adjacent to an activating group) is 1. The molecular formula is C11H12ClF2NO2. The summed E-state index contributed by atoms with van der Waals surface area (Å²) in [6.07, 6.45) is 0. The molecule has 0 aromatic heterocycles. The van der Waals surface area contributed by atoms with E-state index in [-0.39, 0.29) is 23.7 Å². The van der Waals surface area contributed by atoms with Crippen LogP contribution in [-0.4, -0.2) is 35.6 Å². The van der Waals surface area contributed by atoms with Gasteiger partial charge in [0.2, 0.25) is 0 Å². The quantitative estimate of drug-likeness (QED) is 0.845. The van der Waals surface area contributed by atoms with E-state index >= 15 is 0 Å². The van der Waals surface area contributed by atoms with Gasteiger partial charge in [0.25, 0.3) is 5.91 Å². The van der Waals surface area contributed by atoms with Gasteiger partial charge >= 0.3 is 0 Å². The smallest absolute Gasteiger partial charge is 0.255 e. The second-order valence-corrected chi connectivity index (χ2v) is 3.76. The number of amides is 1. The number of halogens is 3. The molecule has 1 aromatic rings. The van der Waals surface area contributed by atoms with E-state index in [2.05, 4.69) is 0 Å². The summed E-state index contributed by atoms with van der Waals surface area (Å²) in [5.41, 5.74) is -0.110. The first-order valence-electron chi connectivity index (χ1n) is 5.06. The molecule has 1 aromatic carbocycles. The van der Waals surface area contributed by atoms with Crippen LogP contribution in [0.3, 0.4) is 0 Å². The predicted molar refractivity (Wildman–Crippen MR) is 60.0 cm³/mol. The van der Waals surface area contributed by atoms with Crippen molar-refractivity contribution in [3.63, 3.8) is 0 Å².